The Morgan fingerprint density at radius 2 is 2.22 bits per heavy atom. The first kappa shape index (κ1) is 15.4. The van der Waals surface area contributed by atoms with Gasteiger partial charge in [-0.2, -0.15) is 0 Å². The van der Waals surface area contributed by atoms with E-state index in [1.165, 1.54) is 4.88 Å². The fourth-order valence-corrected chi connectivity index (χ4v) is 2.92. The Morgan fingerprint density at radius 3 is 2.78 bits per heavy atom. The molecule has 2 rings (SSSR count). The van der Waals surface area contributed by atoms with Crippen molar-refractivity contribution in [1.82, 2.24) is 10.3 Å². The molecule has 4 nitrogen and oxygen atoms in total. The summed E-state index contributed by atoms with van der Waals surface area (Å²) in [5.41, 5.74) is 1.00. The lowest BCUT2D eigenvalue weighted by Crippen LogP contribution is -2.40. The van der Waals surface area contributed by atoms with Crippen LogP contribution in [0.2, 0.25) is 0 Å². The molecule has 2 atom stereocenters. The zero-order chi connectivity index (χ0) is 12.4. The number of carbonyl (C=O) groups is 1. The number of rotatable bonds is 2. The molecule has 0 bridgehead atoms. The van der Waals surface area contributed by atoms with Crippen LogP contribution in [-0.2, 0) is 4.79 Å². The van der Waals surface area contributed by atoms with E-state index in [9.17, 15) is 4.79 Å². The Balaban J connectivity index is 0.00000162. The minimum Gasteiger partial charge on any atom is -0.314 e. The summed E-state index contributed by atoms with van der Waals surface area (Å²) in [6, 6.07) is 0.430. The average molecular weight is 290 g/mol. The van der Waals surface area contributed by atoms with Gasteiger partial charge in [0.25, 0.3) is 0 Å². The van der Waals surface area contributed by atoms with E-state index in [1.807, 2.05) is 13.8 Å². The van der Waals surface area contributed by atoms with Crippen molar-refractivity contribution in [2.24, 2.45) is 5.92 Å². The van der Waals surface area contributed by atoms with Gasteiger partial charge in [0, 0.05) is 16.8 Å². The quantitative estimate of drug-likeness (QED) is 0.879. The maximum Gasteiger partial charge on any atom is 0.229 e. The highest BCUT2D eigenvalue weighted by atomic mass is 35.5. The van der Waals surface area contributed by atoms with Crippen molar-refractivity contribution in [3.8, 4) is 0 Å². The van der Waals surface area contributed by atoms with Crippen LogP contribution >= 0.6 is 23.7 Å². The highest BCUT2D eigenvalue weighted by molar-refractivity contribution is 7.15. The highest BCUT2D eigenvalue weighted by Gasteiger charge is 2.25. The summed E-state index contributed by atoms with van der Waals surface area (Å²) in [6.07, 6.45) is 1.83. The van der Waals surface area contributed by atoms with Crippen LogP contribution in [0.4, 0.5) is 5.13 Å². The lowest BCUT2D eigenvalue weighted by molar-refractivity contribution is -0.120. The Kier molecular flexibility index (Phi) is 5.56. The van der Waals surface area contributed by atoms with Crippen molar-refractivity contribution in [2.75, 3.05) is 11.9 Å². The Labute approximate surface area is 118 Å². The number of amides is 1. The van der Waals surface area contributed by atoms with Crippen LogP contribution in [0.5, 0.6) is 0 Å². The number of hydrogen-bond acceptors (Lipinski definition) is 4. The maximum absolute atomic E-state index is 12.1. The summed E-state index contributed by atoms with van der Waals surface area (Å²) in [4.78, 5) is 17.6. The molecule has 0 unspecified atom stereocenters. The van der Waals surface area contributed by atoms with Crippen molar-refractivity contribution in [2.45, 2.75) is 39.7 Å². The molecular weight excluding hydrogens is 270 g/mol. The lowest BCUT2D eigenvalue weighted by atomic mass is 9.93. The van der Waals surface area contributed by atoms with Gasteiger partial charge in [-0.3, -0.25) is 4.79 Å². The normalized spacial score (nSPS) is 23.3. The van der Waals surface area contributed by atoms with Crippen molar-refractivity contribution in [3.63, 3.8) is 0 Å². The number of nitrogens with zero attached hydrogens (tertiary/aromatic N) is 1. The average Bonchev–Trinajstić information content (AvgIpc) is 2.58. The topological polar surface area (TPSA) is 54.0 Å². The van der Waals surface area contributed by atoms with Crippen molar-refractivity contribution in [1.29, 1.82) is 0 Å². The summed E-state index contributed by atoms with van der Waals surface area (Å²) in [5.74, 6) is 0.239. The standard InChI is InChI=1S/C12H19N3OS.ClH/c1-7-6-10(4-5-13-7)11(16)15-12-14-8(2)9(3)17-12;/h7,10,13H,4-6H2,1-3H3,(H,14,15,16);1H/t7-,10-;/m0./s1. The molecule has 102 valence electrons. The first-order valence-corrected chi connectivity index (χ1v) is 6.86. The number of halogens is 1. The summed E-state index contributed by atoms with van der Waals surface area (Å²) in [7, 11) is 0. The second kappa shape index (κ2) is 6.50. The molecule has 0 saturated carbocycles. The largest absolute Gasteiger partial charge is 0.314 e. The number of piperidine rings is 1. The van der Waals surface area contributed by atoms with Gasteiger partial charge in [0.15, 0.2) is 5.13 Å². The SMILES string of the molecule is Cc1nc(NC(=O)[C@H]2CCN[C@@H](C)C2)sc1C.Cl. The molecule has 0 aromatic carbocycles. The molecule has 1 fully saturated rings. The van der Waals surface area contributed by atoms with Gasteiger partial charge in [-0.05, 0) is 40.2 Å². The molecule has 0 spiro atoms. The molecule has 1 aliphatic rings. The molecule has 1 amide bonds. The van der Waals surface area contributed by atoms with Gasteiger partial charge >= 0.3 is 0 Å². The maximum atomic E-state index is 12.1. The fourth-order valence-electron chi connectivity index (χ4n) is 2.10. The number of nitrogens with one attached hydrogen (secondary N) is 2. The second-order valence-electron chi connectivity index (χ2n) is 4.73. The first-order valence-electron chi connectivity index (χ1n) is 6.04. The second-order valence-corrected chi connectivity index (χ2v) is 5.93. The molecule has 1 aromatic rings. The van der Waals surface area contributed by atoms with Crippen LogP contribution in [0.25, 0.3) is 0 Å². The smallest absolute Gasteiger partial charge is 0.229 e. The summed E-state index contributed by atoms with van der Waals surface area (Å²) >= 11 is 1.55. The number of anilines is 1. The van der Waals surface area contributed by atoms with E-state index in [1.54, 1.807) is 11.3 Å². The monoisotopic (exact) mass is 289 g/mol. The van der Waals surface area contributed by atoms with Gasteiger partial charge in [-0.1, -0.05) is 0 Å². The van der Waals surface area contributed by atoms with Gasteiger partial charge < -0.3 is 10.6 Å². The van der Waals surface area contributed by atoms with E-state index < -0.39 is 0 Å². The molecule has 1 aliphatic heterocycles. The molecule has 0 radical (unpaired) electrons. The van der Waals surface area contributed by atoms with E-state index in [-0.39, 0.29) is 24.2 Å². The highest BCUT2D eigenvalue weighted by Crippen LogP contribution is 2.23. The van der Waals surface area contributed by atoms with Gasteiger partial charge in [0.1, 0.15) is 0 Å². The Hall–Kier alpha value is -0.650. The zero-order valence-electron chi connectivity index (χ0n) is 10.9. The Bertz CT molecular complexity index is 402. The minimum atomic E-state index is 0. The van der Waals surface area contributed by atoms with E-state index in [2.05, 4.69) is 22.5 Å². The van der Waals surface area contributed by atoms with Crippen molar-refractivity contribution >= 4 is 34.8 Å². The van der Waals surface area contributed by atoms with Gasteiger partial charge in [0.05, 0.1) is 5.69 Å². The molecule has 1 aromatic heterocycles. The number of thiazole rings is 1. The molecule has 2 N–H and O–H groups in total. The summed E-state index contributed by atoms with van der Waals surface area (Å²) in [6.45, 7) is 7.04. The fraction of sp³-hybridized carbons (Fsp3) is 0.667. The number of aromatic nitrogens is 1. The predicted octanol–water partition coefficient (Wildman–Crippen LogP) is 2.51. The third-order valence-corrected chi connectivity index (χ3v) is 4.24. The van der Waals surface area contributed by atoms with E-state index in [0.29, 0.717) is 6.04 Å². The Morgan fingerprint density at radius 1 is 1.50 bits per heavy atom. The van der Waals surface area contributed by atoms with Crippen LogP contribution in [0, 0.1) is 19.8 Å². The molecular formula is C12H20ClN3OS. The van der Waals surface area contributed by atoms with Crippen LogP contribution in [0.1, 0.15) is 30.3 Å². The molecule has 18 heavy (non-hydrogen) atoms. The third kappa shape index (κ3) is 3.67. The van der Waals surface area contributed by atoms with E-state index in [0.717, 1.165) is 30.2 Å². The van der Waals surface area contributed by atoms with E-state index in [4.69, 9.17) is 0 Å². The van der Waals surface area contributed by atoms with Crippen LogP contribution in [0.15, 0.2) is 0 Å². The van der Waals surface area contributed by atoms with Crippen molar-refractivity contribution < 1.29 is 4.79 Å². The number of hydrogen-bond donors (Lipinski definition) is 2. The summed E-state index contributed by atoms with van der Waals surface area (Å²) in [5, 5.41) is 7.02. The van der Waals surface area contributed by atoms with Gasteiger partial charge in [-0.15, -0.1) is 23.7 Å². The van der Waals surface area contributed by atoms with E-state index >= 15 is 0 Å². The van der Waals surface area contributed by atoms with Crippen LogP contribution < -0.4 is 10.6 Å². The number of carbonyl (C=O) groups excluding carboxylic acids is 1. The zero-order valence-corrected chi connectivity index (χ0v) is 12.6. The van der Waals surface area contributed by atoms with Gasteiger partial charge in [-0.25, -0.2) is 4.98 Å². The van der Waals surface area contributed by atoms with Gasteiger partial charge in [0.2, 0.25) is 5.91 Å². The summed E-state index contributed by atoms with van der Waals surface area (Å²) < 4.78 is 0. The molecule has 6 heteroatoms. The lowest BCUT2D eigenvalue weighted by Gasteiger charge is -2.26. The molecule has 1 saturated heterocycles. The van der Waals surface area contributed by atoms with Crippen LogP contribution in [0.3, 0.4) is 0 Å². The van der Waals surface area contributed by atoms with Crippen LogP contribution in [-0.4, -0.2) is 23.5 Å². The predicted molar refractivity (Wildman–Crippen MR) is 77.7 cm³/mol. The molecule has 2 heterocycles. The molecule has 0 aliphatic carbocycles. The third-order valence-electron chi connectivity index (χ3n) is 3.25. The van der Waals surface area contributed by atoms with Crippen molar-refractivity contribution in [3.05, 3.63) is 10.6 Å². The minimum absolute atomic E-state index is 0. The number of aryl methyl sites for hydroxylation is 2. The first-order chi connectivity index (χ1) is 8.06.